The summed E-state index contributed by atoms with van der Waals surface area (Å²) < 4.78 is 11.1. The Morgan fingerprint density at radius 1 is 1.03 bits per heavy atom. The normalized spacial score (nSPS) is 16.7. The molecule has 7 nitrogen and oxygen atoms in total. The molecular formula is C29H24N2O5S. The van der Waals surface area contributed by atoms with E-state index in [0.29, 0.717) is 34.4 Å². The molecule has 186 valence electrons. The standard InChI is InChI=1S/C29H24N2O5S/c1-18-4-3-5-19(16-18)17-36-23-12-8-21(9-13-23)26(32)24-25(20-6-10-22(35-2)11-7-20)31(28(34)27(24)33)29-30-14-15-37-29/h3-16,25,32H,17H2,1-2H3/t25-/m1/s1. The number of carbonyl (C=O) groups excluding carboxylic acids is 2. The highest BCUT2D eigenvalue weighted by molar-refractivity contribution is 7.14. The monoisotopic (exact) mass is 512 g/mol. The number of Topliss-reactive ketones (excluding diaryl/α,β-unsaturated/α-hetero) is 1. The lowest BCUT2D eigenvalue weighted by Crippen LogP contribution is -2.29. The number of rotatable bonds is 7. The molecule has 1 amide bonds. The van der Waals surface area contributed by atoms with Crippen molar-refractivity contribution in [2.45, 2.75) is 19.6 Å². The van der Waals surface area contributed by atoms with Crippen LogP contribution in [0, 0.1) is 6.92 Å². The topological polar surface area (TPSA) is 89.0 Å². The number of thiazole rings is 1. The van der Waals surface area contributed by atoms with Crippen LogP contribution in [-0.2, 0) is 16.2 Å². The Bertz CT molecular complexity index is 1460. The minimum absolute atomic E-state index is 0.00111. The fourth-order valence-corrected chi connectivity index (χ4v) is 4.97. The van der Waals surface area contributed by atoms with Crippen molar-refractivity contribution in [1.29, 1.82) is 0 Å². The third-order valence-corrected chi connectivity index (χ3v) is 6.89. The van der Waals surface area contributed by atoms with E-state index in [0.717, 1.165) is 11.1 Å². The van der Waals surface area contributed by atoms with E-state index in [1.165, 1.54) is 16.2 Å². The molecule has 3 aromatic carbocycles. The summed E-state index contributed by atoms with van der Waals surface area (Å²) in [6, 6.07) is 21.0. The van der Waals surface area contributed by atoms with Gasteiger partial charge in [0.15, 0.2) is 5.13 Å². The van der Waals surface area contributed by atoms with Crippen molar-refractivity contribution in [3.05, 3.63) is 112 Å². The van der Waals surface area contributed by atoms with Crippen LogP contribution in [0.15, 0.2) is 89.9 Å². The average Bonchev–Trinajstić information content (AvgIpc) is 3.54. The first-order valence-corrected chi connectivity index (χ1v) is 12.5. The Hall–Kier alpha value is -4.43. The van der Waals surface area contributed by atoms with Crippen LogP contribution in [0.5, 0.6) is 11.5 Å². The van der Waals surface area contributed by atoms with Crippen LogP contribution in [0.4, 0.5) is 5.13 Å². The third kappa shape index (κ3) is 4.83. The summed E-state index contributed by atoms with van der Waals surface area (Å²) in [5.74, 6) is -0.517. The summed E-state index contributed by atoms with van der Waals surface area (Å²) in [4.78, 5) is 31.9. The molecule has 1 aliphatic rings. The van der Waals surface area contributed by atoms with Crippen LogP contribution in [-0.4, -0.2) is 28.9 Å². The zero-order valence-corrected chi connectivity index (χ0v) is 21.1. The number of amides is 1. The quantitative estimate of drug-likeness (QED) is 0.195. The molecule has 1 fully saturated rings. The number of ketones is 1. The molecule has 1 saturated heterocycles. The summed E-state index contributed by atoms with van der Waals surface area (Å²) in [6.07, 6.45) is 1.57. The van der Waals surface area contributed by atoms with Crippen LogP contribution in [0.1, 0.15) is 28.3 Å². The van der Waals surface area contributed by atoms with Crippen LogP contribution in [0.3, 0.4) is 0 Å². The van der Waals surface area contributed by atoms with E-state index in [1.54, 1.807) is 67.2 Å². The molecule has 1 aromatic heterocycles. The van der Waals surface area contributed by atoms with Gasteiger partial charge >= 0.3 is 5.91 Å². The van der Waals surface area contributed by atoms with Gasteiger partial charge < -0.3 is 14.6 Å². The van der Waals surface area contributed by atoms with Gasteiger partial charge in [0.05, 0.1) is 18.7 Å². The van der Waals surface area contributed by atoms with Crippen molar-refractivity contribution in [3.8, 4) is 11.5 Å². The predicted molar refractivity (Wildman–Crippen MR) is 142 cm³/mol. The maximum atomic E-state index is 13.2. The number of hydrogen-bond donors (Lipinski definition) is 1. The number of methoxy groups -OCH3 is 1. The fourth-order valence-electron chi connectivity index (χ4n) is 4.30. The highest BCUT2D eigenvalue weighted by atomic mass is 32.1. The van der Waals surface area contributed by atoms with Gasteiger partial charge in [-0.2, -0.15) is 0 Å². The lowest BCUT2D eigenvalue weighted by molar-refractivity contribution is -0.132. The van der Waals surface area contributed by atoms with Gasteiger partial charge in [-0.3, -0.25) is 14.5 Å². The van der Waals surface area contributed by atoms with Crippen molar-refractivity contribution in [2.75, 3.05) is 12.0 Å². The number of carbonyl (C=O) groups is 2. The lowest BCUT2D eigenvalue weighted by atomic mass is 9.95. The Balaban J connectivity index is 1.49. The van der Waals surface area contributed by atoms with Gasteiger partial charge in [0.2, 0.25) is 0 Å². The number of aliphatic hydroxyl groups excluding tert-OH is 1. The molecule has 8 heteroatoms. The highest BCUT2D eigenvalue weighted by Gasteiger charge is 2.47. The third-order valence-electron chi connectivity index (χ3n) is 6.12. The number of aliphatic hydroxyl groups is 1. The number of aryl methyl sites for hydroxylation is 1. The zero-order valence-electron chi connectivity index (χ0n) is 20.3. The summed E-state index contributed by atoms with van der Waals surface area (Å²) in [6.45, 7) is 2.43. The summed E-state index contributed by atoms with van der Waals surface area (Å²) >= 11 is 1.24. The van der Waals surface area contributed by atoms with Gasteiger partial charge in [-0.05, 0) is 54.4 Å². The highest BCUT2D eigenvalue weighted by Crippen LogP contribution is 2.43. The summed E-state index contributed by atoms with van der Waals surface area (Å²) in [7, 11) is 1.56. The van der Waals surface area contributed by atoms with Crippen molar-refractivity contribution >= 4 is 33.9 Å². The zero-order chi connectivity index (χ0) is 25.9. The number of hydrogen-bond acceptors (Lipinski definition) is 7. The first-order chi connectivity index (χ1) is 18.0. The van der Waals surface area contributed by atoms with Crippen molar-refractivity contribution in [1.82, 2.24) is 4.98 Å². The number of aromatic nitrogens is 1. The molecule has 0 radical (unpaired) electrons. The van der Waals surface area contributed by atoms with Crippen LogP contribution >= 0.6 is 11.3 Å². The smallest absolute Gasteiger partial charge is 0.301 e. The van der Waals surface area contributed by atoms with Gasteiger partial charge in [0, 0.05) is 17.1 Å². The van der Waals surface area contributed by atoms with Crippen molar-refractivity contribution in [2.24, 2.45) is 0 Å². The Morgan fingerprint density at radius 2 is 1.76 bits per heavy atom. The Labute approximate surface area is 218 Å². The molecule has 4 aromatic rings. The second-order valence-electron chi connectivity index (χ2n) is 8.56. The Kier molecular flexibility index (Phi) is 6.74. The van der Waals surface area contributed by atoms with Gasteiger partial charge in [-0.1, -0.05) is 42.0 Å². The van der Waals surface area contributed by atoms with E-state index >= 15 is 0 Å². The number of benzene rings is 3. The Morgan fingerprint density at radius 3 is 2.41 bits per heavy atom. The van der Waals surface area contributed by atoms with E-state index in [9.17, 15) is 14.7 Å². The molecule has 1 atom stereocenters. The molecule has 1 aliphatic heterocycles. The van der Waals surface area contributed by atoms with E-state index in [2.05, 4.69) is 11.1 Å². The second kappa shape index (κ2) is 10.3. The van der Waals surface area contributed by atoms with E-state index in [4.69, 9.17) is 9.47 Å². The number of nitrogens with zero attached hydrogens (tertiary/aromatic N) is 2. The molecule has 37 heavy (non-hydrogen) atoms. The van der Waals surface area contributed by atoms with Gasteiger partial charge in [-0.25, -0.2) is 4.98 Å². The largest absolute Gasteiger partial charge is 0.507 e. The van der Waals surface area contributed by atoms with E-state index in [-0.39, 0.29) is 11.3 Å². The molecule has 0 saturated carbocycles. The van der Waals surface area contributed by atoms with E-state index in [1.807, 2.05) is 25.1 Å². The molecule has 0 bridgehead atoms. The molecule has 0 spiro atoms. The van der Waals surface area contributed by atoms with Gasteiger partial charge in [0.25, 0.3) is 5.78 Å². The number of ether oxygens (including phenoxy) is 2. The SMILES string of the molecule is COc1ccc([C@@H]2C(=C(O)c3ccc(OCc4cccc(C)c4)cc3)C(=O)C(=O)N2c2nccs2)cc1. The van der Waals surface area contributed by atoms with Gasteiger partial charge in [0.1, 0.15) is 23.9 Å². The first-order valence-electron chi connectivity index (χ1n) is 11.6. The minimum Gasteiger partial charge on any atom is -0.507 e. The van der Waals surface area contributed by atoms with E-state index < -0.39 is 17.7 Å². The fraction of sp³-hybridized carbons (Fsp3) is 0.138. The van der Waals surface area contributed by atoms with Crippen LogP contribution in [0.2, 0.25) is 0 Å². The van der Waals surface area contributed by atoms with Crippen molar-refractivity contribution in [3.63, 3.8) is 0 Å². The summed E-state index contributed by atoms with van der Waals surface area (Å²) in [5, 5.41) is 13.4. The number of anilines is 1. The van der Waals surface area contributed by atoms with Crippen LogP contribution in [0.25, 0.3) is 5.76 Å². The maximum absolute atomic E-state index is 13.2. The molecular weight excluding hydrogens is 488 g/mol. The maximum Gasteiger partial charge on any atom is 0.301 e. The molecule has 2 heterocycles. The molecule has 0 unspecified atom stereocenters. The lowest BCUT2D eigenvalue weighted by Gasteiger charge is -2.23. The van der Waals surface area contributed by atoms with Crippen molar-refractivity contribution < 1.29 is 24.2 Å². The molecule has 1 N–H and O–H groups in total. The predicted octanol–water partition coefficient (Wildman–Crippen LogP) is 5.67. The summed E-state index contributed by atoms with van der Waals surface area (Å²) in [5.41, 5.74) is 3.25. The molecule has 0 aliphatic carbocycles. The van der Waals surface area contributed by atoms with Crippen LogP contribution < -0.4 is 14.4 Å². The minimum atomic E-state index is -0.839. The van der Waals surface area contributed by atoms with Gasteiger partial charge in [-0.15, -0.1) is 11.3 Å². The molecule has 5 rings (SSSR count). The first kappa shape index (κ1) is 24.3. The average molecular weight is 513 g/mol. The second-order valence-corrected chi connectivity index (χ2v) is 9.43.